The van der Waals surface area contributed by atoms with Gasteiger partial charge in [-0.15, -0.1) is 0 Å². The van der Waals surface area contributed by atoms with Crippen molar-refractivity contribution in [3.63, 3.8) is 0 Å². The van der Waals surface area contributed by atoms with Gasteiger partial charge in [-0.2, -0.15) is 0 Å². The first-order valence-electron chi connectivity index (χ1n) is 5.65. The Morgan fingerprint density at radius 3 is 3.16 bits per heavy atom. The summed E-state index contributed by atoms with van der Waals surface area (Å²) < 4.78 is 5.18. The van der Waals surface area contributed by atoms with E-state index in [-0.39, 0.29) is 5.91 Å². The average Bonchev–Trinajstić information content (AvgIpc) is 2.79. The van der Waals surface area contributed by atoms with E-state index >= 15 is 0 Å². The van der Waals surface area contributed by atoms with Crippen LogP contribution in [0, 0.1) is 0 Å². The lowest BCUT2D eigenvalue weighted by molar-refractivity contribution is -0.113. The summed E-state index contributed by atoms with van der Waals surface area (Å²) in [6.45, 7) is 0. The quantitative estimate of drug-likeness (QED) is 0.690. The highest BCUT2D eigenvalue weighted by atomic mass is 32.2. The van der Waals surface area contributed by atoms with E-state index in [4.69, 9.17) is 10.2 Å². The van der Waals surface area contributed by atoms with Gasteiger partial charge in [0.25, 0.3) is 9.04 Å². The number of nitrogens with two attached hydrogens (primary N) is 1. The first-order valence-corrected chi connectivity index (χ1v) is 8.74. The van der Waals surface area contributed by atoms with Gasteiger partial charge in [0.05, 0.1) is 18.1 Å². The van der Waals surface area contributed by atoms with E-state index in [0.717, 1.165) is 0 Å². The minimum Gasteiger partial charge on any atom is -0.503 e. The van der Waals surface area contributed by atoms with Crippen molar-refractivity contribution < 1.29 is 14.0 Å². The Hall–Kier alpha value is -1.65. The molecular weight excluding hydrogens is 286 g/mol. The zero-order chi connectivity index (χ0) is 13.4. The summed E-state index contributed by atoms with van der Waals surface area (Å²) in [7, 11) is -1.69. The maximum Gasteiger partial charge on any atom is 0.401 e. The molecule has 0 saturated carbocycles. The van der Waals surface area contributed by atoms with Gasteiger partial charge in [-0.05, 0) is 0 Å². The van der Waals surface area contributed by atoms with Gasteiger partial charge in [-0.25, -0.2) is 14.8 Å². The second-order valence-corrected chi connectivity index (χ2v) is 7.35. The molecule has 100 valence electrons. The van der Waals surface area contributed by atoms with Crippen LogP contribution in [0.2, 0.25) is 0 Å². The summed E-state index contributed by atoms with van der Waals surface area (Å²) >= 11 is 1.32. The predicted octanol–water partition coefficient (Wildman–Crippen LogP) is -0.762. The zero-order valence-corrected chi connectivity index (χ0v) is 11.8. The summed E-state index contributed by atoms with van der Waals surface area (Å²) in [5.74, 6) is 0.983. The minimum absolute atomic E-state index is 0.123. The molecule has 10 heteroatoms. The number of rotatable bonds is 2. The number of aromatic nitrogens is 2. The van der Waals surface area contributed by atoms with Gasteiger partial charge in [0.1, 0.15) is 5.03 Å². The standard InChI is InChI=1S/C9H11N5O3SSi/c10-3-19-4-14(9(16)17-19)5-1-11-8-7(12-5)13-6(15)2-18-8/h1,19H,2-4,10H2,(H,12,13,15)/t19-/m0/s1. The number of fused-ring (bicyclic) bond motifs is 1. The summed E-state index contributed by atoms with van der Waals surface area (Å²) in [4.78, 5) is 32.9. The van der Waals surface area contributed by atoms with Crippen molar-refractivity contribution in [3.8, 4) is 0 Å². The largest absolute Gasteiger partial charge is 0.503 e. The Morgan fingerprint density at radius 2 is 2.42 bits per heavy atom. The van der Waals surface area contributed by atoms with Crippen LogP contribution < -0.4 is 16.0 Å². The third-order valence-electron chi connectivity index (χ3n) is 2.74. The molecule has 2 aliphatic heterocycles. The highest BCUT2D eigenvalue weighted by Crippen LogP contribution is 2.29. The molecule has 2 aliphatic rings. The Bertz CT molecular complexity index is 557. The summed E-state index contributed by atoms with van der Waals surface area (Å²) in [5.41, 5.74) is 5.53. The molecule has 3 rings (SSSR count). The molecule has 0 aliphatic carbocycles. The van der Waals surface area contributed by atoms with E-state index in [1.807, 2.05) is 0 Å². The van der Waals surface area contributed by atoms with Crippen LogP contribution in [0.4, 0.5) is 16.4 Å². The summed E-state index contributed by atoms with van der Waals surface area (Å²) in [6, 6.07) is 0. The van der Waals surface area contributed by atoms with Gasteiger partial charge in [-0.1, -0.05) is 11.8 Å². The lowest BCUT2D eigenvalue weighted by Crippen LogP contribution is -2.32. The Kier molecular flexibility index (Phi) is 3.12. The van der Waals surface area contributed by atoms with Gasteiger partial charge in [0, 0.05) is 6.17 Å². The fourth-order valence-electron chi connectivity index (χ4n) is 1.82. The molecular formula is C9H11N5O3SSi. The Balaban J connectivity index is 1.88. The Morgan fingerprint density at radius 1 is 1.58 bits per heavy atom. The molecule has 0 spiro atoms. The van der Waals surface area contributed by atoms with Gasteiger partial charge >= 0.3 is 6.09 Å². The van der Waals surface area contributed by atoms with Crippen molar-refractivity contribution in [2.24, 2.45) is 5.73 Å². The maximum absolute atomic E-state index is 11.7. The van der Waals surface area contributed by atoms with E-state index in [9.17, 15) is 9.59 Å². The third-order valence-corrected chi connectivity index (χ3v) is 5.55. The molecule has 19 heavy (non-hydrogen) atoms. The molecule has 3 N–H and O–H groups in total. The normalized spacial score (nSPS) is 21.9. The third kappa shape index (κ3) is 2.29. The molecule has 0 radical (unpaired) electrons. The second-order valence-electron chi connectivity index (χ2n) is 4.07. The lowest BCUT2D eigenvalue weighted by Gasteiger charge is -2.17. The number of amides is 2. The van der Waals surface area contributed by atoms with Crippen LogP contribution in [0.3, 0.4) is 0 Å². The fraction of sp³-hybridized carbons (Fsp3) is 0.333. The number of hydrogen-bond acceptors (Lipinski definition) is 7. The number of nitrogens with one attached hydrogen (secondary N) is 1. The van der Waals surface area contributed by atoms with Crippen LogP contribution >= 0.6 is 11.8 Å². The van der Waals surface area contributed by atoms with Gasteiger partial charge in [-0.3, -0.25) is 9.69 Å². The van der Waals surface area contributed by atoms with Gasteiger partial charge in [0.2, 0.25) is 5.91 Å². The lowest BCUT2D eigenvalue weighted by atomic mass is 10.5. The van der Waals surface area contributed by atoms with Gasteiger partial charge < -0.3 is 15.5 Å². The van der Waals surface area contributed by atoms with Crippen molar-refractivity contribution in [2.75, 3.05) is 28.3 Å². The van der Waals surface area contributed by atoms with Crippen molar-refractivity contribution in [1.82, 2.24) is 9.97 Å². The first kappa shape index (κ1) is 12.4. The van der Waals surface area contributed by atoms with E-state index in [0.29, 0.717) is 34.8 Å². The molecule has 1 aromatic rings. The van der Waals surface area contributed by atoms with E-state index in [1.165, 1.54) is 22.9 Å². The summed E-state index contributed by atoms with van der Waals surface area (Å²) in [6.07, 6.45) is 1.95. The van der Waals surface area contributed by atoms with Crippen LogP contribution in [0.1, 0.15) is 0 Å². The van der Waals surface area contributed by atoms with E-state index in [2.05, 4.69) is 15.3 Å². The van der Waals surface area contributed by atoms with Crippen molar-refractivity contribution in [3.05, 3.63) is 6.20 Å². The fourth-order valence-corrected chi connectivity index (χ4v) is 4.00. The molecule has 2 amide bonds. The number of anilines is 2. The van der Waals surface area contributed by atoms with Crippen molar-refractivity contribution in [1.29, 1.82) is 0 Å². The van der Waals surface area contributed by atoms with Crippen LogP contribution in [0.5, 0.6) is 0 Å². The minimum atomic E-state index is -1.69. The SMILES string of the molecule is NC[Si@H]1CN(c2cnc3c(n2)NC(=O)CS3)C(=O)O1. The van der Waals surface area contributed by atoms with Crippen LogP contribution in [0.25, 0.3) is 0 Å². The van der Waals surface area contributed by atoms with Crippen LogP contribution in [-0.2, 0) is 9.22 Å². The van der Waals surface area contributed by atoms with Crippen LogP contribution in [0.15, 0.2) is 11.2 Å². The highest BCUT2D eigenvalue weighted by molar-refractivity contribution is 8.00. The van der Waals surface area contributed by atoms with Crippen molar-refractivity contribution in [2.45, 2.75) is 5.03 Å². The maximum atomic E-state index is 11.7. The van der Waals surface area contributed by atoms with E-state index < -0.39 is 15.1 Å². The highest BCUT2D eigenvalue weighted by Gasteiger charge is 2.34. The number of carbonyl (C=O) groups is 2. The topological polar surface area (TPSA) is 110 Å². The predicted molar refractivity (Wildman–Crippen MR) is 71.4 cm³/mol. The molecule has 3 heterocycles. The monoisotopic (exact) mass is 297 g/mol. The molecule has 8 nitrogen and oxygen atoms in total. The smallest absolute Gasteiger partial charge is 0.401 e. The van der Waals surface area contributed by atoms with Gasteiger partial charge in [0.15, 0.2) is 11.6 Å². The molecule has 1 saturated heterocycles. The van der Waals surface area contributed by atoms with Crippen LogP contribution in [-0.4, -0.2) is 49.1 Å². The molecule has 0 unspecified atom stereocenters. The number of carbonyl (C=O) groups excluding carboxylic acids is 2. The second kappa shape index (κ2) is 4.79. The average molecular weight is 297 g/mol. The number of thioether (sulfide) groups is 1. The first-order chi connectivity index (χ1) is 9.17. The Labute approximate surface area is 114 Å². The molecule has 1 fully saturated rings. The number of nitrogens with zero attached hydrogens (tertiary/aromatic N) is 3. The number of hydrogen-bond donors (Lipinski definition) is 2. The summed E-state index contributed by atoms with van der Waals surface area (Å²) in [5, 5.41) is 3.29. The molecule has 0 aromatic carbocycles. The zero-order valence-electron chi connectivity index (χ0n) is 9.83. The van der Waals surface area contributed by atoms with E-state index in [1.54, 1.807) is 0 Å². The van der Waals surface area contributed by atoms with Crippen molar-refractivity contribution >= 4 is 44.4 Å². The molecule has 1 atom stereocenters. The molecule has 0 bridgehead atoms. The molecule has 1 aromatic heterocycles.